The van der Waals surface area contributed by atoms with E-state index in [1.165, 1.54) is 0 Å². The summed E-state index contributed by atoms with van der Waals surface area (Å²) in [6.45, 7) is 2.04. The molecule has 0 radical (unpaired) electrons. The first kappa shape index (κ1) is 13.6. The van der Waals surface area contributed by atoms with Crippen molar-refractivity contribution in [3.05, 3.63) is 17.2 Å². The lowest BCUT2D eigenvalue weighted by Gasteiger charge is -2.25. The molecule has 0 aliphatic carbocycles. The second-order valence-electron chi connectivity index (χ2n) is 5.78. The Hall–Kier alpha value is -1.37. The highest BCUT2D eigenvalue weighted by molar-refractivity contribution is 7.91. The van der Waals surface area contributed by atoms with Crippen molar-refractivity contribution in [2.24, 2.45) is 0 Å². The van der Waals surface area contributed by atoms with Gasteiger partial charge >= 0.3 is 5.97 Å². The van der Waals surface area contributed by atoms with Gasteiger partial charge in [-0.05, 0) is 32.6 Å². The maximum Gasteiger partial charge on any atom is 0.356 e. The molecule has 2 aliphatic rings. The summed E-state index contributed by atoms with van der Waals surface area (Å²) in [5.74, 6) is -0.251. The lowest BCUT2D eigenvalue weighted by molar-refractivity contribution is 0.0689. The van der Waals surface area contributed by atoms with E-state index in [2.05, 4.69) is 4.98 Å². The number of carbonyl (C=O) groups is 1. The molecule has 2 aliphatic heterocycles. The number of carboxylic acid groups (broad SMARTS) is 1. The topological polar surface area (TPSA) is 89.3 Å². The molecule has 2 unspecified atom stereocenters. The van der Waals surface area contributed by atoms with Crippen molar-refractivity contribution in [1.29, 1.82) is 0 Å². The summed E-state index contributed by atoms with van der Waals surface area (Å²) < 4.78 is 25.3. The predicted octanol–water partition coefficient (Wildman–Crippen LogP) is 1.38. The standard InChI is InChI=1S/C13H18N2O4S/c1-8-3-2-4-10-11(13(16)17)14-12(15(8)10)9-5-6-20(18,19)7-9/h8-9H,2-7H2,1H3,(H,16,17). The second kappa shape index (κ2) is 4.58. The minimum atomic E-state index is -3.00. The molecule has 1 N–H and O–H groups in total. The van der Waals surface area contributed by atoms with E-state index < -0.39 is 15.8 Å². The first-order chi connectivity index (χ1) is 9.39. The Morgan fingerprint density at radius 1 is 1.40 bits per heavy atom. The summed E-state index contributed by atoms with van der Waals surface area (Å²) in [6.07, 6.45) is 3.19. The van der Waals surface area contributed by atoms with Gasteiger partial charge in [0, 0.05) is 12.0 Å². The highest BCUT2D eigenvalue weighted by Crippen LogP contribution is 2.35. The molecule has 1 aromatic heterocycles. The van der Waals surface area contributed by atoms with Gasteiger partial charge in [0.2, 0.25) is 0 Å². The van der Waals surface area contributed by atoms with E-state index in [9.17, 15) is 18.3 Å². The summed E-state index contributed by atoms with van der Waals surface area (Å²) in [5.41, 5.74) is 0.867. The van der Waals surface area contributed by atoms with E-state index in [-0.39, 0.29) is 29.2 Å². The van der Waals surface area contributed by atoms with Gasteiger partial charge in [-0.2, -0.15) is 0 Å². The zero-order valence-corrected chi connectivity index (χ0v) is 12.2. The predicted molar refractivity (Wildman–Crippen MR) is 72.8 cm³/mol. The molecule has 0 saturated carbocycles. The minimum Gasteiger partial charge on any atom is -0.476 e. The van der Waals surface area contributed by atoms with Gasteiger partial charge in [-0.15, -0.1) is 0 Å². The third-order valence-electron chi connectivity index (χ3n) is 4.31. The number of hydrogen-bond donors (Lipinski definition) is 1. The van der Waals surface area contributed by atoms with Crippen molar-refractivity contribution >= 4 is 15.8 Å². The van der Waals surface area contributed by atoms with Crippen LogP contribution in [-0.2, 0) is 16.3 Å². The van der Waals surface area contributed by atoms with Crippen LogP contribution in [0.4, 0.5) is 0 Å². The molecule has 110 valence electrons. The van der Waals surface area contributed by atoms with Gasteiger partial charge in [-0.1, -0.05) is 0 Å². The Bertz CT molecular complexity index is 662. The first-order valence-electron chi connectivity index (χ1n) is 6.94. The molecule has 3 rings (SSSR count). The van der Waals surface area contributed by atoms with Crippen molar-refractivity contribution in [3.8, 4) is 0 Å². The lowest BCUT2D eigenvalue weighted by atomic mass is 10.0. The number of imidazole rings is 1. The number of aromatic nitrogens is 2. The van der Waals surface area contributed by atoms with Crippen molar-refractivity contribution in [2.75, 3.05) is 11.5 Å². The van der Waals surface area contributed by atoms with Crippen molar-refractivity contribution < 1.29 is 18.3 Å². The molecule has 0 bridgehead atoms. The number of fused-ring (bicyclic) bond motifs is 1. The second-order valence-corrected chi connectivity index (χ2v) is 8.01. The van der Waals surface area contributed by atoms with Crippen LogP contribution in [0.5, 0.6) is 0 Å². The summed E-state index contributed by atoms with van der Waals surface area (Å²) in [4.78, 5) is 15.6. The molecule has 7 heteroatoms. The summed E-state index contributed by atoms with van der Waals surface area (Å²) >= 11 is 0. The van der Waals surface area contributed by atoms with Crippen LogP contribution in [0.2, 0.25) is 0 Å². The first-order valence-corrected chi connectivity index (χ1v) is 8.76. The number of nitrogens with zero attached hydrogens (tertiary/aromatic N) is 2. The molecule has 1 aromatic rings. The van der Waals surface area contributed by atoms with Crippen molar-refractivity contribution in [1.82, 2.24) is 9.55 Å². The largest absolute Gasteiger partial charge is 0.476 e. The number of carboxylic acids is 1. The SMILES string of the molecule is CC1CCCc2c(C(=O)O)nc(C3CCS(=O)(=O)C3)n21. The number of hydrogen-bond acceptors (Lipinski definition) is 4. The fraction of sp³-hybridized carbons (Fsp3) is 0.692. The molecular formula is C13H18N2O4S. The van der Waals surface area contributed by atoms with Crippen LogP contribution in [0.1, 0.15) is 60.2 Å². The highest BCUT2D eigenvalue weighted by atomic mass is 32.2. The van der Waals surface area contributed by atoms with Crippen LogP contribution in [-0.4, -0.2) is 40.6 Å². The summed E-state index contributed by atoms with van der Waals surface area (Å²) in [5, 5.41) is 9.29. The average Bonchev–Trinajstić information content (AvgIpc) is 2.90. The number of aromatic carboxylic acids is 1. The minimum absolute atomic E-state index is 0.0925. The third-order valence-corrected chi connectivity index (χ3v) is 6.08. The third kappa shape index (κ3) is 2.13. The maximum absolute atomic E-state index is 11.7. The van der Waals surface area contributed by atoms with Crippen LogP contribution >= 0.6 is 0 Å². The Balaban J connectivity index is 2.09. The van der Waals surface area contributed by atoms with Crippen LogP contribution in [0.25, 0.3) is 0 Å². The summed E-state index contributed by atoms with van der Waals surface area (Å²) in [7, 11) is -3.00. The summed E-state index contributed by atoms with van der Waals surface area (Å²) in [6, 6.07) is 0.192. The fourth-order valence-corrected chi connectivity index (χ4v) is 5.11. The maximum atomic E-state index is 11.7. The van der Waals surface area contributed by atoms with E-state index in [4.69, 9.17) is 0 Å². The zero-order valence-electron chi connectivity index (χ0n) is 11.4. The van der Waals surface area contributed by atoms with Crippen molar-refractivity contribution in [2.45, 2.75) is 44.6 Å². The normalized spacial score (nSPS) is 28.2. The van der Waals surface area contributed by atoms with Gasteiger partial charge in [0.1, 0.15) is 5.82 Å². The van der Waals surface area contributed by atoms with Gasteiger partial charge in [-0.25, -0.2) is 18.2 Å². The molecule has 3 heterocycles. The van der Waals surface area contributed by atoms with E-state index >= 15 is 0 Å². The number of rotatable bonds is 2. The van der Waals surface area contributed by atoms with Gasteiger partial charge in [0.15, 0.2) is 15.5 Å². The van der Waals surface area contributed by atoms with E-state index in [0.717, 1.165) is 18.5 Å². The van der Waals surface area contributed by atoms with Gasteiger partial charge in [0.25, 0.3) is 0 Å². The highest BCUT2D eigenvalue weighted by Gasteiger charge is 2.36. The molecule has 6 nitrogen and oxygen atoms in total. The Labute approximate surface area is 117 Å². The molecular weight excluding hydrogens is 280 g/mol. The fourth-order valence-electron chi connectivity index (χ4n) is 3.37. The van der Waals surface area contributed by atoms with Crippen LogP contribution in [0, 0.1) is 0 Å². The Morgan fingerprint density at radius 2 is 2.15 bits per heavy atom. The monoisotopic (exact) mass is 298 g/mol. The zero-order chi connectivity index (χ0) is 14.5. The van der Waals surface area contributed by atoms with E-state index in [1.807, 2.05) is 11.5 Å². The molecule has 0 spiro atoms. The quantitative estimate of drug-likeness (QED) is 0.891. The van der Waals surface area contributed by atoms with Crippen LogP contribution in [0.3, 0.4) is 0 Å². The lowest BCUT2D eigenvalue weighted by Crippen LogP contribution is -2.20. The smallest absolute Gasteiger partial charge is 0.356 e. The van der Waals surface area contributed by atoms with Crippen molar-refractivity contribution in [3.63, 3.8) is 0 Å². The van der Waals surface area contributed by atoms with Gasteiger partial charge < -0.3 is 9.67 Å². The molecule has 2 atom stereocenters. The van der Waals surface area contributed by atoms with E-state index in [0.29, 0.717) is 18.7 Å². The van der Waals surface area contributed by atoms with Gasteiger partial charge in [-0.3, -0.25) is 0 Å². The van der Waals surface area contributed by atoms with Crippen LogP contribution in [0.15, 0.2) is 0 Å². The molecule has 20 heavy (non-hydrogen) atoms. The van der Waals surface area contributed by atoms with E-state index in [1.54, 1.807) is 0 Å². The average molecular weight is 298 g/mol. The Kier molecular flexibility index (Phi) is 3.12. The molecule has 1 saturated heterocycles. The molecule has 0 aromatic carbocycles. The molecule has 0 amide bonds. The Morgan fingerprint density at radius 3 is 2.75 bits per heavy atom. The van der Waals surface area contributed by atoms with Crippen LogP contribution < -0.4 is 0 Å². The number of sulfone groups is 1. The molecule has 1 fully saturated rings. The van der Waals surface area contributed by atoms with Gasteiger partial charge in [0.05, 0.1) is 17.2 Å².